The molecule has 0 spiro atoms. The lowest BCUT2D eigenvalue weighted by Crippen LogP contribution is -2.36. The van der Waals surface area contributed by atoms with Crippen LogP contribution >= 0.6 is 22.9 Å². The van der Waals surface area contributed by atoms with Gasteiger partial charge in [0, 0.05) is 23.7 Å². The monoisotopic (exact) mass is 389 g/mol. The topological polar surface area (TPSA) is 45.7 Å². The molecule has 0 aliphatic rings. The first kappa shape index (κ1) is 18.6. The minimum Gasteiger partial charge on any atom is -0.497 e. The Kier molecular flexibility index (Phi) is 5.76. The van der Waals surface area contributed by atoms with Crippen molar-refractivity contribution in [2.24, 2.45) is 0 Å². The molecule has 3 rings (SSSR count). The molecule has 0 aliphatic heterocycles. The van der Waals surface area contributed by atoms with E-state index in [0.29, 0.717) is 28.0 Å². The molecule has 1 heterocycles. The van der Waals surface area contributed by atoms with E-state index >= 15 is 0 Å². The van der Waals surface area contributed by atoms with Gasteiger partial charge in [-0.3, -0.25) is 9.69 Å². The molecule has 0 unspecified atom stereocenters. The summed E-state index contributed by atoms with van der Waals surface area (Å²) in [4.78, 5) is 21.6. The number of amides is 1. The van der Waals surface area contributed by atoms with Gasteiger partial charge in [0.05, 0.1) is 17.3 Å². The van der Waals surface area contributed by atoms with Crippen molar-refractivity contribution in [3.8, 4) is 5.75 Å². The molecule has 0 atom stereocenters. The van der Waals surface area contributed by atoms with Gasteiger partial charge in [-0.25, -0.2) is 4.98 Å². The number of hydrogen-bond donors (Lipinski definition) is 0. The van der Waals surface area contributed by atoms with Crippen LogP contribution < -0.4 is 9.64 Å². The fourth-order valence-corrected chi connectivity index (χ4v) is 3.76. The molecule has 2 aromatic carbocycles. The number of hydrogen-bond acceptors (Lipinski definition) is 5. The standard InChI is InChI=1S/C19H20ClN3O2S/c1-22(2)9-10-23(18(24)13-5-4-6-15(11-13)25-3)19-21-16-8-7-14(20)12-17(16)26-19/h4-8,11-12H,9-10H2,1-3H3. The highest BCUT2D eigenvalue weighted by atomic mass is 35.5. The van der Waals surface area contributed by atoms with E-state index in [0.717, 1.165) is 16.8 Å². The zero-order chi connectivity index (χ0) is 18.7. The third kappa shape index (κ3) is 4.15. The van der Waals surface area contributed by atoms with E-state index in [9.17, 15) is 4.79 Å². The van der Waals surface area contributed by atoms with Gasteiger partial charge in [-0.05, 0) is 50.5 Å². The lowest BCUT2D eigenvalue weighted by Gasteiger charge is -2.22. The van der Waals surface area contributed by atoms with Crippen LogP contribution in [0.4, 0.5) is 5.13 Å². The smallest absolute Gasteiger partial charge is 0.260 e. The van der Waals surface area contributed by atoms with E-state index in [1.165, 1.54) is 11.3 Å². The van der Waals surface area contributed by atoms with Crippen LogP contribution in [0.15, 0.2) is 42.5 Å². The number of methoxy groups -OCH3 is 1. The van der Waals surface area contributed by atoms with E-state index in [1.54, 1.807) is 30.2 Å². The number of nitrogens with zero attached hydrogens (tertiary/aromatic N) is 3. The second-order valence-corrected chi connectivity index (χ2v) is 7.55. The van der Waals surface area contributed by atoms with Crippen molar-refractivity contribution < 1.29 is 9.53 Å². The highest BCUT2D eigenvalue weighted by Gasteiger charge is 2.22. The molecule has 0 radical (unpaired) electrons. The lowest BCUT2D eigenvalue weighted by atomic mass is 10.2. The van der Waals surface area contributed by atoms with E-state index in [-0.39, 0.29) is 5.91 Å². The molecule has 26 heavy (non-hydrogen) atoms. The minimum absolute atomic E-state index is 0.101. The Morgan fingerprint density at radius 2 is 2.00 bits per heavy atom. The molecule has 5 nitrogen and oxygen atoms in total. The third-order valence-electron chi connectivity index (χ3n) is 3.90. The summed E-state index contributed by atoms with van der Waals surface area (Å²) in [5, 5.41) is 1.32. The van der Waals surface area contributed by atoms with Crippen LogP contribution in [0.2, 0.25) is 5.02 Å². The van der Waals surface area contributed by atoms with Gasteiger partial charge in [-0.1, -0.05) is 29.0 Å². The Morgan fingerprint density at radius 1 is 1.19 bits per heavy atom. The van der Waals surface area contributed by atoms with Crippen LogP contribution in [0.5, 0.6) is 5.75 Å². The molecule has 0 aliphatic carbocycles. The van der Waals surface area contributed by atoms with Gasteiger partial charge in [-0.15, -0.1) is 0 Å². The number of halogens is 1. The lowest BCUT2D eigenvalue weighted by molar-refractivity contribution is 0.0985. The van der Waals surface area contributed by atoms with Crippen molar-refractivity contribution in [1.29, 1.82) is 0 Å². The van der Waals surface area contributed by atoms with Crippen LogP contribution in [0, 0.1) is 0 Å². The van der Waals surface area contributed by atoms with Gasteiger partial charge >= 0.3 is 0 Å². The van der Waals surface area contributed by atoms with Gasteiger partial charge in [0.15, 0.2) is 5.13 Å². The normalized spacial score (nSPS) is 11.1. The van der Waals surface area contributed by atoms with Gasteiger partial charge in [0.2, 0.25) is 0 Å². The average Bonchev–Trinajstić information content (AvgIpc) is 3.04. The van der Waals surface area contributed by atoms with Crippen molar-refractivity contribution in [2.45, 2.75) is 0 Å². The predicted octanol–water partition coefficient (Wildman–Crippen LogP) is 4.17. The third-order valence-corrected chi connectivity index (χ3v) is 5.18. The zero-order valence-corrected chi connectivity index (χ0v) is 16.5. The van der Waals surface area contributed by atoms with Gasteiger partial charge in [0.1, 0.15) is 5.75 Å². The van der Waals surface area contributed by atoms with Crippen molar-refractivity contribution in [2.75, 3.05) is 39.2 Å². The number of aromatic nitrogens is 1. The molecule has 0 saturated heterocycles. The Morgan fingerprint density at radius 3 is 2.73 bits per heavy atom. The number of benzene rings is 2. The van der Waals surface area contributed by atoms with Crippen LogP contribution in [0.25, 0.3) is 10.2 Å². The van der Waals surface area contributed by atoms with Crippen molar-refractivity contribution in [3.63, 3.8) is 0 Å². The molecule has 1 aromatic heterocycles. The molecule has 0 N–H and O–H groups in total. The van der Waals surface area contributed by atoms with Crippen molar-refractivity contribution in [1.82, 2.24) is 9.88 Å². The maximum Gasteiger partial charge on any atom is 0.260 e. The first-order valence-electron chi connectivity index (χ1n) is 8.14. The van der Waals surface area contributed by atoms with Crippen LogP contribution in [-0.4, -0.2) is 50.1 Å². The summed E-state index contributed by atoms with van der Waals surface area (Å²) in [6, 6.07) is 12.7. The van der Waals surface area contributed by atoms with Gasteiger partial charge in [0.25, 0.3) is 5.91 Å². The second kappa shape index (κ2) is 8.03. The number of rotatable bonds is 6. The molecular weight excluding hydrogens is 370 g/mol. The second-order valence-electron chi connectivity index (χ2n) is 6.10. The number of carbonyl (C=O) groups is 1. The summed E-state index contributed by atoms with van der Waals surface area (Å²) in [6.07, 6.45) is 0. The number of anilines is 1. The van der Waals surface area contributed by atoms with Crippen LogP contribution in [0.1, 0.15) is 10.4 Å². The summed E-state index contributed by atoms with van der Waals surface area (Å²) < 4.78 is 6.20. The number of fused-ring (bicyclic) bond motifs is 1. The van der Waals surface area contributed by atoms with E-state index in [4.69, 9.17) is 16.3 Å². The molecule has 3 aromatic rings. The maximum absolute atomic E-state index is 13.2. The highest BCUT2D eigenvalue weighted by molar-refractivity contribution is 7.22. The number of carbonyl (C=O) groups excluding carboxylic acids is 1. The Labute approximate surface area is 161 Å². The first-order chi connectivity index (χ1) is 12.5. The summed E-state index contributed by atoms with van der Waals surface area (Å²) >= 11 is 7.54. The van der Waals surface area contributed by atoms with Crippen LogP contribution in [0.3, 0.4) is 0 Å². The Hall–Kier alpha value is -2.15. The quantitative estimate of drug-likeness (QED) is 0.634. The fourth-order valence-electron chi connectivity index (χ4n) is 2.50. The number of ether oxygens (including phenoxy) is 1. The molecule has 7 heteroatoms. The van der Waals surface area contributed by atoms with Crippen molar-refractivity contribution >= 4 is 44.2 Å². The van der Waals surface area contributed by atoms with E-state index < -0.39 is 0 Å². The highest BCUT2D eigenvalue weighted by Crippen LogP contribution is 2.31. The summed E-state index contributed by atoms with van der Waals surface area (Å²) in [5.74, 6) is 0.551. The average molecular weight is 390 g/mol. The summed E-state index contributed by atoms with van der Waals surface area (Å²) in [7, 11) is 5.54. The predicted molar refractivity (Wildman–Crippen MR) is 108 cm³/mol. The first-order valence-corrected chi connectivity index (χ1v) is 9.34. The summed E-state index contributed by atoms with van der Waals surface area (Å²) in [6.45, 7) is 1.27. The van der Waals surface area contributed by atoms with Gasteiger partial charge < -0.3 is 9.64 Å². The SMILES string of the molecule is COc1cccc(C(=O)N(CCN(C)C)c2nc3ccc(Cl)cc3s2)c1. The number of likely N-dealkylation sites (N-methyl/N-ethyl adjacent to an activating group) is 1. The molecule has 136 valence electrons. The van der Waals surface area contributed by atoms with Crippen molar-refractivity contribution in [3.05, 3.63) is 53.1 Å². The maximum atomic E-state index is 13.2. The Bertz CT molecular complexity index is 926. The van der Waals surface area contributed by atoms with Gasteiger partial charge in [-0.2, -0.15) is 0 Å². The Balaban J connectivity index is 1.98. The molecule has 0 saturated carbocycles. The van der Waals surface area contributed by atoms with Crippen LogP contribution in [-0.2, 0) is 0 Å². The zero-order valence-electron chi connectivity index (χ0n) is 14.9. The minimum atomic E-state index is -0.101. The molecule has 0 fully saturated rings. The fraction of sp³-hybridized carbons (Fsp3) is 0.263. The summed E-state index contributed by atoms with van der Waals surface area (Å²) in [5.41, 5.74) is 1.41. The van der Waals surface area contributed by atoms with E-state index in [1.807, 2.05) is 43.3 Å². The molecule has 1 amide bonds. The van der Waals surface area contributed by atoms with E-state index in [2.05, 4.69) is 4.98 Å². The molecule has 0 bridgehead atoms. The largest absolute Gasteiger partial charge is 0.497 e. The number of thiazole rings is 1. The molecular formula is C19H20ClN3O2S.